The van der Waals surface area contributed by atoms with Crippen molar-refractivity contribution in [3.05, 3.63) is 29.3 Å². The molecule has 11 heteroatoms. The van der Waals surface area contributed by atoms with Crippen molar-refractivity contribution in [2.45, 2.75) is 66.2 Å². The van der Waals surface area contributed by atoms with Crippen LogP contribution in [0.1, 0.15) is 52.7 Å². The monoisotopic (exact) mass is 488 g/mol. The highest BCUT2D eigenvalue weighted by Gasteiger charge is 2.30. The average molecular weight is 489 g/mol. The highest BCUT2D eigenvalue weighted by atomic mass is 31.2. The number of ether oxygens (including phenoxy) is 2. The van der Waals surface area contributed by atoms with Gasteiger partial charge in [0.25, 0.3) is 0 Å². The Bertz CT molecular complexity index is 831. The maximum atomic E-state index is 12.0. The Morgan fingerprint density at radius 1 is 1.21 bits per heavy atom. The zero-order valence-electron chi connectivity index (χ0n) is 20.5. The van der Waals surface area contributed by atoms with Gasteiger partial charge in [-0.25, -0.2) is 14.2 Å². The molecule has 33 heavy (non-hydrogen) atoms. The van der Waals surface area contributed by atoms with E-state index in [1.165, 1.54) is 32.8 Å². The van der Waals surface area contributed by atoms with Gasteiger partial charge in [0.1, 0.15) is 17.4 Å². The summed E-state index contributed by atoms with van der Waals surface area (Å²) >= 11 is 0. The van der Waals surface area contributed by atoms with Crippen LogP contribution in [0, 0.1) is 0 Å². The summed E-state index contributed by atoms with van der Waals surface area (Å²) in [5, 5.41) is 2.48. The molecule has 0 aliphatic carbocycles. The first-order valence-electron chi connectivity index (χ1n) is 10.9. The lowest BCUT2D eigenvalue weighted by Gasteiger charge is -2.24. The van der Waals surface area contributed by atoms with E-state index in [9.17, 15) is 19.0 Å². The first-order valence-corrected chi connectivity index (χ1v) is 12.4. The summed E-state index contributed by atoms with van der Waals surface area (Å²) in [5.74, 6) is -0.388. The predicted octanol–water partition coefficient (Wildman–Crippen LogP) is 3.65. The highest BCUT2D eigenvalue weighted by molar-refractivity contribution is 7.47. The van der Waals surface area contributed by atoms with Crippen LogP contribution in [0.3, 0.4) is 0 Å². The van der Waals surface area contributed by atoms with Gasteiger partial charge in [-0.1, -0.05) is 26.8 Å². The number of phosphoric acid groups is 1. The van der Waals surface area contributed by atoms with Gasteiger partial charge >= 0.3 is 19.9 Å². The molecule has 0 spiro atoms. The fourth-order valence-corrected chi connectivity index (χ4v) is 3.74. The molecule has 0 fully saturated rings. The van der Waals surface area contributed by atoms with Crippen molar-refractivity contribution in [1.82, 2.24) is 10.2 Å². The molecule has 2 rings (SSSR count). The number of carbonyl (C=O) groups excluding carboxylic acids is 2. The van der Waals surface area contributed by atoms with E-state index in [0.29, 0.717) is 11.1 Å². The molecule has 2 atom stereocenters. The maximum absolute atomic E-state index is 12.0. The first-order chi connectivity index (χ1) is 15.3. The van der Waals surface area contributed by atoms with Crippen molar-refractivity contribution >= 4 is 19.9 Å². The van der Waals surface area contributed by atoms with Crippen LogP contribution in [-0.2, 0) is 36.4 Å². The molecule has 0 saturated carbocycles. The van der Waals surface area contributed by atoms with Gasteiger partial charge in [0.15, 0.2) is 0 Å². The third-order valence-corrected chi connectivity index (χ3v) is 5.56. The van der Waals surface area contributed by atoms with Crippen molar-refractivity contribution in [1.29, 1.82) is 0 Å². The SMILES string of the molecule is CCN(CC)CC.COC(=O)[C@H](Cc1ccc2c(c1)COP(=O)(O)O2)NC(=O)OC(C)(C)C. The molecule has 0 radical (unpaired) electrons. The number of hydrogen-bond acceptors (Lipinski definition) is 8. The Morgan fingerprint density at radius 2 is 1.82 bits per heavy atom. The van der Waals surface area contributed by atoms with E-state index in [1.54, 1.807) is 32.9 Å². The van der Waals surface area contributed by atoms with Gasteiger partial charge in [-0.3, -0.25) is 9.42 Å². The lowest BCUT2D eigenvalue weighted by Crippen LogP contribution is -2.45. The van der Waals surface area contributed by atoms with E-state index in [4.69, 9.17) is 18.5 Å². The summed E-state index contributed by atoms with van der Waals surface area (Å²) in [6.07, 6.45) is -0.602. The predicted molar refractivity (Wildman–Crippen MR) is 124 cm³/mol. The molecule has 1 aromatic carbocycles. The molecule has 1 aromatic rings. The van der Waals surface area contributed by atoms with Crippen molar-refractivity contribution < 1.29 is 37.6 Å². The zero-order valence-corrected chi connectivity index (χ0v) is 21.4. The Kier molecular flexibility index (Phi) is 11.3. The van der Waals surface area contributed by atoms with Crippen molar-refractivity contribution in [2.75, 3.05) is 26.7 Å². The second-order valence-electron chi connectivity index (χ2n) is 8.32. The van der Waals surface area contributed by atoms with Gasteiger partial charge in [0, 0.05) is 12.0 Å². The number of benzene rings is 1. The van der Waals surface area contributed by atoms with Gasteiger partial charge in [0.05, 0.1) is 13.7 Å². The van der Waals surface area contributed by atoms with Gasteiger partial charge < -0.3 is 24.2 Å². The smallest absolute Gasteiger partial charge is 0.467 e. The number of alkyl carbamates (subject to hydrolysis) is 1. The standard InChI is InChI=1S/C16H22NO8P.C6H15N/c1-16(2,3)24-15(19)17-12(14(18)22-4)8-10-5-6-13-11(7-10)9-23-26(20,21)25-13;1-4-7(5-2)6-3/h5-7,12H,8-9H2,1-4H3,(H,17,19)(H,20,21);4-6H2,1-3H3/t12-;/m0./s1. The van der Waals surface area contributed by atoms with Crippen LogP contribution in [0.25, 0.3) is 0 Å². The largest absolute Gasteiger partial charge is 0.527 e. The lowest BCUT2D eigenvalue weighted by atomic mass is 10.0. The lowest BCUT2D eigenvalue weighted by molar-refractivity contribution is -0.143. The number of hydrogen-bond donors (Lipinski definition) is 2. The number of rotatable bonds is 7. The normalized spacial score (nSPS) is 18.2. The van der Waals surface area contributed by atoms with E-state index < -0.39 is 31.5 Å². The molecule has 1 aliphatic rings. The number of fused-ring (bicyclic) bond motifs is 1. The maximum Gasteiger partial charge on any atom is 0.527 e. The minimum atomic E-state index is -4.07. The molecule has 1 unspecified atom stereocenters. The van der Waals surface area contributed by atoms with Crippen LogP contribution in [0.15, 0.2) is 18.2 Å². The van der Waals surface area contributed by atoms with Crippen molar-refractivity contribution in [2.24, 2.45) is 0 Å². The first kappa shape index (κ1) is 28.9. The third kappa shape index (κ3) is 10.6. The minimum absolute atomic E-state index is 0.0979. The van der Waals surface area contributed by atoms with Crippen LogP contribution >= 0.6 is 7.82 Å². The molecule has 10 nitrogen and oxygen atoms in total. The highest BCUT2D eigenvalue weighted by Crippen LogP contribution is 2.49. The number of phosphoric ester groups is 1. The van der Waals surface area contributed by atoms with Gasteiger partial charge in [-0.05, 0) is 58.1 Å². The Labute approximate surface area is 196 Å². The number of amides is 1. The number of esters is 1. The van der Waals surface area contributed by atoms with E-state index >= 15 is 0 Å². The second kappa shape index (κ2) is 12.9. The third-order valence-electron chi connectivity index (χ3n) is 4.68. The number of carbonyl (C=O) groups is 2. The van der Waals surface area contributed by atoms with Crippen molar-refractivity contribution in [3.8, 4) is 5.75 Å². The van der Waals surface area contributed by atoms with E-state index in [1.807, 2.05) is 0 Å². The number of nitrogens with zero attached hydrogens (tertiary/aromatic N) is 1. The fourth-order valence-electron chi connectivity index (χ4n) is 2.96. The van der Waals surface area contributed by atoms with Gasteiger partial charge in [-0.15, -0.1) is 0 Å². The van der Waals surface area contributed by atoms with Crippen LogP contribution in [0.4, 0.5) is 4.79 Å². The van der Waals surface area contributed by atoms with Crippen molar-refractivity contribution in [3.63, 3.8) is 0 Å². The molecule has 0 bridgehead atoms. The Hall–Kier alpha value is -2.13. The summed E-state index contributed by atoms with van der Waals surface area (Å²) < 4.78 is 30.9. The van der Waals surface area contributed by atoms with Crippen LogP contribution in [0.5, 0.6) is 5.75 Å². The second-order valence-corrected chi connectivity index (χ2v) is 9.70. The molecular weight excluding hydrogens is 451 g/mol. The molecule has 0 saturated heterocycles. The number of methoxy groups -OCH3 is 1. The quantitative estimate of drug-likeness (QED) is 0.437. The zero-order chi connectivity index (χ0) is 25.2. The van der Waals surface area contributed by atoms with Crippen LogP contribution in [-0.4, -0.2) is 60.2 Å². The summed E-state index contributed by atoms with van der Waals surface area (Å²) in [5.41, 5.74) is 0.532. The summed E-state index contributed by atoms with van der Waals surface area (Å²) in [4.78, 5) is 35.6. The number of nitrogens with one attached hydrogen (secondary N) is 1. The van der Waals surface area contributed by atoms with E-state index in [2.05, 4.69) is 31.0 Å². The molecule has 1 heterocycles. The van der Waals surface area contributed by atoms with Gasteiger partial charge in [0.2, 0.25) is 0 Å². The minimum Gasteiger partial charge on any atom is -0.467 e. The molecule has 188 valence electrons. The Morgan fingerprint density at radius 3 is 2.30 bits per heavy atom. The topological polar surface area (TPSA) is 124 Å². The average Bonchev–Trinajstić information content (AvgIpc) is 2.72. The fraction of sp³-hybridized carbons (Fsp3) is 0.636. The molecular formula is C22H37N2O8P. The summed E-state index contributed by atoms with van der Waals surface area (Å²) in [7, 11) is -2.85. The molecule has 0 aromatic heterocycles. The summed E-state index contributed by atoms with van der Waals surface area (Å²) in [6.45, 7) is 15.2. The van der Waals surface area contributed by atoms with Crippen LogP contribution < -0.4 is 9.84 Å². The molecule has 1 aliphatic heterocycles. The van der Waals surface area contributed by atoms with Crippen LogP contribution in [0.2, 0.25) is 0 Å². The van der Waals surface area contributed by atoms with E-state index in [-0.39, 0.29) is 18.8 Å². The van der Waals surface area contributed by atoms with E-state index in [0.717, 1.165) is 0 Å². The molecule has 1 amide bonds. The summed E-state index contributed by atoms with van der Waals surface area (Å²) in [6, 6.07) is 3.85. The van der Waals surface area contributed by atoms with Gasteiger partial charge in [-0.2, -0.15) is 0 Å². The molecule has 2 N–H and O–H groups in total. The Balaban J connectivity index is 0.000000675.